The van der Waals surface area contributed by atoms with Gasteiger partial charge in [-0.15, -0.1) is 0 Å². The molecule has 1 heterocycles. The number of nitrogens with one attached hydrogen (secondary N) is 2. The summed E-state index contributed by atoms with van der Waals surface area (Å²) in [4.78, 5) is 4.19. The van der Waals surface area contributed by atoms with Gasteiger partial charge in [-0.1, -0.05) is 65.8 Å². The molecule has 0 bridgehead atoms. The van der Waals surface area contributed by atoms with Gasteiger partial charge in [0.2, 0.25) is 5.89 Å². The van der Waals surface area contributed by atoms with Gasteiger partial charge in [0.15, 0.2) is 5.82 Å². The molecule has 2 aromatic carbocycles. The van der Waals surface area contributed by atoms with Gasteiger partial charge < -0.3 is 4.52 Å². The lowest BCUT2D eigenvalue weighted by Crippen LogP contribution is -2.35. The molecule has 0 fully saturated rings. The third-order valence-electron chi connectivity index (χ3n) is 3.44. The van der Waals surface area contributed by atoms with E-state index in [9.17, 15) is 8.42 Å². The van der Waals surface area contributed by atoms with Crippen molar-refractivity contribution in [1.29, 1.82) is 0 Å². The minimum atomic E-state index is -3.65. The fraction of sp³-hybridized carbons (Fsp3) is 0.176. The van der Waals surface area contributed by atoms with Crippen LogP contribution in [0.2, 0.25) is 0 Å². The Morgan fingerprint density at radius 2 is 1.44 bits per heavy atom. The zero-order valence-electron chi connectivity index (χ0n) is 13.4. The maximum absolute atomic E-state index is 12.0. The summed E-state index contributed by atoms with van der Waals surface area (Å²) in [5.74, 6) is 0.730. The van der Waals surface area contributed by atoms with Gasteiger partial charge in [0.1, 0.15) is 0 Å². The summed E-state index contributed by atoms with van der Waals surface area (Å²) in [5, 5.41) is 3.79. The van der Waals surface area contributed by atoms with Crippen LogP contribution in [0.25, 0.3) is 0 Å². The molecule has 3 aromatic rings. The van der Waals surface area contributed by atoms with E-state index in [-0.39, 0.29) is 18.9 Å². The van der Waals surface area contributed by atoms with Crippen LogP contribution in [0.3, 0.4) is 0 Å². The molecule has 3 rings (SSSR count). The van der Waals surface area contributed by atoms with Crippen LogP contribution in [0.4, 0.5) is 0 Å². The normalized spacial score (nSPS) is 11.5. The number of aromatic nitrogens is 2. The molecule has 0 aliphatic heterocycles. The van der Waals surface area contributed by atoms with Crippen LogP contribution in [0, 0.1) is 0 Å². The van der Waals surface area contributed by atoms with Crippen LogP contribution < -0.4 is 9.44 Å². The van der Waals surface area contributed by atoms with E-state index in [0.717, 1.165) is 11.1 Å². The summed E-state index contributed by atoms with van der Waals surface area (Å²) < 4.78 is 33.9. The van der Waals surface area contributed by atoms with Crippen molar-refractivity contribution in [2.45, 2.75) is 19.5 Å². The van der Waals surface area contributed by atoms with Crippen molar-refractivity contribution >= 4 is 10.2 Å². The third kappa shape index (κ3) is 5.49. The molecular formula is C17H18N4O3S. The van der Waals surface area contributed by atoms with E-state index in [1.165, 1.54) is 0 Å². The monoisotopic (exact) mass is 358 g/mol. The topological polar surface area (TPSA) is 97.1 Å². The van der Waals surface area contributed by atoms with Crippen LogP contribution in [-0.2, 0) is 29.7 Å². The number of rotatable bonds is 8. The average Bonchev–Trinajstić information content (AvgIpc) is 3.08. The van der Waals surface area contributed by atoms with Gasteiger partial charge in [0.25, 0.3) is 10.2 Å². The number of hydrogen-bond donors (Lipinski definition) is 2. The maximum Gasteiger partial charge on any atom is 0.277 e. The first-order valence-electron chi connectivity index (χ1n) is 7.74. The first-order valence-corrected chi connectivity index (χ1v) is 9.22. The van der Waals surface area contributed by atoms with Gasteiger partial charge in [0, 0.05) is 6.54 Å². The van der Waals surface area contributed by atoms with E-state index >= 15 is 0 Å². The van der Waals surface area contributed by atoms with E-state index in [2.05, 4.69) is 19.6 Å². The van der Waals surface area contributed by atoms with Crippen molar-refractivity contribution in [2.24, 2.45) is 0 Å². The molecule has 0 aliphatic rings. The van der Waals surface area contributed by atoms with E-state index < -0.39 is 10.2 Å². The Morgan fingerprint density at radius 1 is 0.840 bits per heavy atom. The molecule has 0 saturated heterocycles. The zero-order valence-corrected chi connectivity index (χ0v) is 14.2. The molecular weight excluding hydrogens is 340 g/mol. The van der Waals surface area contributed by atoms with E-state index in [1.807, 2.05) is 60.7 Å². The van der Waals surface area contributed by atoms with Crippen LogP contribution in [0.5, 0.6) is 0 Å². The average molecular weight is 358 g/mol. The minimum absolute atomic E-state index is 0.0393. The van der Waals surface area contributed by atoms with Gasteiger partial charge in [0.05, 0.1) is 13.0 Å². The van der Waals surface area contributed by atoms with E-state index in [0.29, 0.717) is 12.3 Å². The van der Waals surface area contributed by atoms with Crippen molar-refractivity contribution in [1.82, 2.24) is 19.6 Å². The third-order valence-corrected chi connectivity index (χ3v) is 4.49. The molecule has 8 heteroatoms. The summed E-state index contributed by atoms with van der Waals surface area (Å²) >= 11 is 0. The smallest absolute Gasteiger partial charge is 0.277 e. The molecule has 25 heavy (non-hydrogen) atoms. The number of nitrogens with zero attached hydrogens (tertiary/aromatic N) is 2. The fourth-order valence-electron chi connectivity index (χ4n) is 2.19. The first-order chi connectivity index (χ1) is 12.1. The van der Waals surface area contributed by atoms with Gasteiger partial charge in [-0.3, -0.25) is 0 Å². The zero-order chi connectivity index (χ0) is 17.5. The highest BCUT2D eigenvalue weighted by Gasteiger charge is 2.12. The molecule has 0 atom stereocenters. The number of benzene rings is 2. The van der Waals surface area contributed by atoms with Gasteiger partial charge >= 0.3 is 0 Å². The minimum Gasteiger partial charge on any atom is -0.339 e. The molecule has 0 radical (unpaired) electrons. The Balaban J connectivity index is 1.51. The van der Waals surface area contributed by atoms with Crippen molar-refractivity contribution in [2.75, 3.05) is 0 Å². The Labute approximate surface area is 146 Å². The lowest BCUT2D eigenvalue weighted by atomic mass is 10.1. The highest BCUT2D eigenvalue weighted by Crippen LogP contribution is 2.07. The highest BCUT2D eigenvalue weighted by molar-refractivity contribution is 7.87. The fourth-order valence-corrected chi connectivity index (χ4v) is 2.97. The van der Waals surface area contributed by atoms with Crippen molar-refractivity contribution in [3.8, 4) is 0 Å². The van der Waals surface area contributed by atoms with Crippen molar-refractivity contribution < 1.29 is 12.9 Å². The Morgan fingerprint density at radius 3 is 2.12 bits per heavy atom. The second-order valence-corrected chi connectivity index (χ2v) is 6.98. The van der Waals surface area contributed by atoms with E-state index in [4.69, 9.17) is 4.52 Å². The molecule has 1 aromatic heterocycles. The van der Waals surface area contributed by atoms with E-state index in [1.54, 1.807) is 0 Å². The molecule has 0 unspecified atom stereocenters. The van der Waals surface area contributed by atoms with Gasteiger partial charge in [-0.2, -0.15) is 22.8 Å². The Kier molecular flexibility index (Phi) is 5.54. The van der Waals surface area contributed by atoms with Crippen molar-refractivity contribution in [3.63, 3.8) is 0 Å². The highest BCUT2D eigenvalue weighted by atomic mass is 32.2. The largest absolute Gasteiger partial charge is 0.339 e. The molecule has 0 spiro atoms. The van der Waals surface area contributed by atoms with Crippen LogP contribution in [0.1, 0.15) is 22.8 Å². The summed E-state index contributed by atoms with van der Waals surface area (Å²) in [7, 11) is -3.65. The molecule has 7 nitrogen and oxygen atoms in total. The molecule has 0 saturated carbocycles. The molecule has 130 valence electrons. The molecule has 0 aliphatic carbocycles. The van der Waals surface area contributed by atoms with Gasteiger partial charge in [-0.05, 0) is 11.1 Å². The van der Waals surface area contributed by atoms with Crippen molar-refractivity contribution in [3.05, 3.63) is 83.5 Å². The standard InChI is InChI=1S/C17H18N4O3S/c22-25(23,18-12-15-9-5-2-6-10-15)19-13-16-20-17(24-21-16)11-14-7-3-1-4-8-14/h1-10,18-19H,11-13H2. The molecule has 0 amide bonds. The van der Waals surface area contributed by atoms with Crippen LogP contribution in [-0.4, -0.2) is 18.6 Å². The summed E-state index contributed by atoms with van der Waals surface area (Å²) in [5.41, 5.74) is 1.92. The van der Waals surface area contributed by atoms with Crippen LogP contribution >= 0.6 is 0 Å². The maximum atomic E-state index is 12.0. The Hall–Kier alpha value is -2.55. The Bertz CT molecular complexity index is 896. The lowest BCUT2D eigenvalue weighted by molar-refractivity contribution is 0.379. The first kappa shape index (κ1) is 17.3. The second-order valence-electron chi connectivity index (χ2n) is 5.40. The summed E-state index contributed by atoms with van der Waals surface area (Å²) in [6.07, 6.45) is 0.507. The second kappa shape index (κ2) is 8.02. The quantitative estimate of drug-likeness (QED) is 0.640. The van der Waals surface area contributed by atoms with Crippen LogP contribution in [0.15, 0.2) is 65.2 Å². The predicted molar refractivity (Wildman–Crippen MR) is 92.6 cm³/mol. The summed E-state index contributed by atoms with van der Waals surface area (Å²) in [6, 6.07) is 19.0. The van der Waals surface area contributed by atoms with Gasteiger partial charge in [-0.25, -0.2) is 0 Å². The SMILES string of the molecule is O=S(=O)(NCc1ccccc1)NCc1noc(Cc2ccccc2)n1. The lowest BCUT2D eigenvalue weighted by Gasteiger charge is -2.06. The summed E-state index contributed by atoms with van der Waals surface area (Å²) in [6.45, 7) is 0.171. The number of hydrogen-bond acceptors (Lipinski definition) is 5. The predicted octanol–water partition coefficient (Wildman–Crippen LogP) is 1.78. The molecule has 2 N–H and O–H groups in total.